The van der Waals surface area contributed by atoms with Gasteiger partial charge in [-0.15, -0.1) is 0 Å². The van der Waals surface area contributed by atoms with Crippen LogP contribution < -0.4 is 0 Å². The summed E-state index contributed by atoms with van der Waals surface area (Å²) in [6.07, 6.45) is 1.34. The number of ether oxygens (including phenoxy) is 2. The summed E-state index contributed by atoms with van der Waals surface area (Å²) in [5, 5.41) is 0. The number of hydrogen-bond acceptors (Lipinski definition) is 3. The molecule has 0 saturated carbocycles. The van der Waals surface area contributed by atoms with Crippen molar-refractivity contribution in [1.29, 1.82) is 0 Å². The summed E-state index contributed by atoms with van der Waals surface area (Å²) in [5.41, 5.74) is 0. The average molecular weight is 159 g/mol. The molecule has 1 aliphatic heterocycles. The molecule has 1 aliphatic rings. The van der Waals surface area contributed by atoms with E-state index in [1.54, 1.807) is 7.11 Å². The summed E-state index contributed by atoms with van der Waals surface area (Å²) < 4.78 is 10.6. The van der Waals surface area contributed by atoms with Crippen molar-refractivity contribution in [2.24, 2.45) is 0 Å². The fourth-order valence-electron chi connectivity index (χ4n) is 1.44. The lowest BCUT2D eigenvalue weighted by molar-refractivity contribution is -0.0796. The molecular formula is C8H17NO2. The van der Waals surface area contributed by atoms with E-state index in [0.717, 1.165) is 32.7 Å². The van der Waals surface area contributed by atoms with E-state index in [4.69, 9.17) is 9.47 Å². The Balaban J connectivity index is 2.30. The first kappa shape index (κ1) is 8.97. The van der Waals surface area contributed by atoms with Crippen LogP contribution in [0, 0.1) is 0 Å². The minimum atomic E-state index is 0.291. The summed E-state index contributed by atoms with van der Waals surface area (Å²) in [4.78, 5) is 2.32. The molecule has 1 unspecified atom stereocenters. The second kappa shape index (κ2) is 4.70. The van der Waals surface area contributed by atoms with Gasteiger partial charge in [-0.3, -0.25) is 4.90 Å². The van der Waals surface area contributed by atoms with E-state index in [2.05, 4.69) is 11.8 Å². The highest BCUT2D eigenvalue weighted by Crippen LogP contribution is 2.07. The van der Waals surface area contributed by atoms with Crippen molar-refractivity contribution in [3.8, 4) is 0 Å². The molecular weight excluding hydrogens is 142 g/mol. The maximum Gasteiger partial charge on any atom is 0.110 e. The van der Waals surface area contributed by atoms with Gasteiger partial charge in [0.2, 0.25) is 0 Å². The zero-order chi connectivity index (χ0) is 8.10. The first-order valence-corrected chi connectivity index (χ1v) is 4.23. The molecule has 1 atom stereocenters. The summed E-state index contributed by atoms with van der Waals surface area (Å²) in [6.45, 7) is 5.85. The fraction of sp³-hybridized carbons (Fsp3) is 1.00. The van der Waals surface area contributed by atoms with Crippen molar-refractivity contribution in [3.05, 3.63) is 0 Å². The lowest BCUT2D eigenvalue weighted by Gasteiger charge is -2.32. The Morgan fingerprint density at radius 3 is 2.55 bits per heavy atom. The summed E-state index contributed by atoms with van der Waals surface area (Å²) >= 11 is 0. The largest absolute Gasteiger partial charge is 0.379 e. The van der Waals surface area contributed by atoms with Crippen LogP contribution in [-0.2, 0) is 9.47 Å². The molecule has 11 heavy (non-hydrogen) atoms. The number of nitrogens with zero attached hydrogens (tertiary/aromatic N) is 1. The van der Waals surface area contributed by atoms with Gasteiger partial charge in [-0.2, -0.15) is 0 Å². The van der Waals surface area contributed by atoms with Gasteiger partial charge in [0.15, 0.2) is 0 Å². The molecule has 1 fully saturated rings. The molecule has 0 aromatic carbocycles. The molecule has 0 radical (unpaired) electrons. The summed E-state index contributed by atoms with van der Waals surface area (Å²) in [5.74, 6) is 0. The molecule has 3 nitrogen and oxygen atoms in total. The summed E-state index contributed by atoms with van der Waals surface area (Å²) in [6, 6.07) is 0. The standard InChI is InChI=1S/C8H17NO2/c1-3-8(10-2)9-4-6-11-7-5-9/h8H,3-7H2,1-2H3. The lowest BCUT2D eigenvalue weighted by atomic mass is 10.3. The van der Waals surface area contributed by atoms with E-state index in [1.165, 1.54) is 0 Å². The molecule has 0 aromatic rings. The summed E-state index contributed by atoms with van der Waals surface area (Å²) in [7, 11) is 1.77. The van der Waals surface area contributed by atoms with Crippen LogP contribution in [0.5, 0.6) is 0 Å². The average Bonchev–Trinajstić information content (AvgIpc) is 2.09. The Labute approximate surface area is 68.3 Å². The van der Waals surface area contributed by atoms with E-state index in [0.29, 0.717) is 6.23 Å². The zero-order valence-corrected chi connectivity index (χ0v) is 7.38. The van der Waals surface area contributed by atoms with Crippen LogP contribution >= 0.6 is 0 Å². The molecule has 0 aromatic heterocycles. The fourth-order valence-corrected chi connectivity index (χ4v) is 1.44. The van der Waals surface area contributed by atoms with Crippen LogP contribution in [0.25, 0.3) is 0 Å². The van der Waals surface area contributed by atoms with E-state index in [-0.39, 0.29) is 0 Å². The van der Waals surface area contributed by atoms with Crippen LogP contribution in [-0.4, -0.2) is 44.5 Å². The number of hydrogen-bond donors (Lipinski definition) is 0. The van der Waals surface area contributed by atoms with Gasteiger partial charge in [-0.1, -0.05) is 6.92 Å². The van der Waals surface area contributed by atoms with Crippen LogP contribution in [0.4, 0.5) is 0 Å². The molecule has 0 N–H and O–H groups in total. The molecule has 0 amide bonds. The Bertz CT molecular complexity index is 98.3. The molecule has 0 spiro atoms. The van der Waals surface area contributed by atoms with Gasteiger partial charge in [0, 0.05) is 20.2 Å². The Kier molecular flexibility index (Phi) is 3.83. The molecule has 1 rings (SSSR count). The van der Waals surface area contributed by atoms with E-state index < -0.39 is 0 Å². The van der Waals surface area contributed by atoms with Crippen molar-refractivity contribution in [1.82, 2.24) is 4.90 Å². The Morgan fingerprint density at radius 1 is 1.45 bits per heavy atom. The molecule has 3 heteroatoms. The third-order valence-corrected chi connectivity index (χ3v) is 2.07. The highest BCUT2D eigenvalue weighted by molar-refractivity contribution is 4.64. The topological polar surface area (TPSA) is 21.7 Å². The Morgan fingerprint density at radius 2 is 2.09 bits per heavy atom. The molecule has 1 heterocycles. The maximum absolute atomic E-state index is 5.31. The van der Waals surface area contributed by atoms with E-state index in [1.807, 2.05) is 0 Å². The third-order valence-electron chi connectivity index (χ3n) is 2.07. The zero-order valence-electron chi connectivity index (χ0n) is 7.38. The van der Waals surface area contributed by atoms with Gasteiger partial charge >= 0.3 is 0 Å². The van der Waals surface area contributed by atoms with Crippen molar-refractivity contribution < 1.29 is 9.47 Å². The van der Waals surface area contributed by atoms with Gasteiger partial charge in [0.25, 0.3) is 0 Å². The number of morpholine rings is 1. The van der Waals surface area contributed by atoms with Crippen molar-refractivity contribution in [2.75, 3.05) is 33.4 Å². The highest BCUT2D eigenvalue weighted by Gasteiger charge is 2.17. The minimum Gasteiger partial charge on any atom is -0.379 e. The van der Waals surface area contributed by atoms with Crippen LogP contribution in [0.1, 0.15) is 13.3 Å². The van der Waals surface area contributed by atoms with E-state index >= 15 is 0 Å². The first-order valence-electron chi connectivity index (χ1n) is 4.23. The first-order chi connectivity index (χ1) is 5.38. The molecule has 66 valence electrons. The van der Waals surface area contributed by atoms with Crippen LogP contribution in [0.15, 0.2) is 0 Å². The molecule has 0 bridgehead atoms. The third kappa shape index (κ3) is 2.43. The van der Waals surface area contributed by atoms with Crippen molar-refractivity contribution in [3.63, 3.8) is 0 Å². The smallest absolute Gasteiger partial charge is 0.110 e. The highest BCUT2D eigenvalue weighted by atomic mass is 16.5. The van der Waals surface area contributed by atoms with E-state index in [9.17, 15) is 0 Å². The van der Waals surface area contributed by atoms with Crippen molar-refractivity contribution in [2.45, 2.75) is 19.6 Å². The van der Waals surface area contributed by atoms with Gasteiger partial charge in [0.05, 0.1) is 13.2 Å². The number of rotatable bonds is 3. The van der Waals surface area contributed by atoms with Gasteiger partial charge < -0.3 is 9.47 Å². The second-order valence-corrected chi connectivity index (χ2v) is 2.75. The monoisotopic (exact) mass is 159 g/mol. The van der Waals surface area contributed by atoms with Crippen LogP contribution in [0.3, 0.4) is 0 Å². The lowest BCUT2D eigenvalue weighted by Crippen LogP contribution is -2.44. The SMILES string of the molecule is CCC(OC)N1CCOCC1. The number of methoxy groups -OCH3 is 1. The second-order valence-electron chi connectivity index (χ2n) is 2.75. The molecule has 1 saturated heterocycles. The van der Waals surface area contributed by atoms with Crippen molar-refractivity contribution >= 4 is 0 Å². The van der Waals surface area contributed by atoms with Gasteiger partial charge in [-0.05, 0) is 6.42 Å². The van der Waals surface area contributed by atoms with Gasteiger partial charge in [0.1, 0.15) is 6.23 Å². The Hall–Kier alpha value is -0.120. The normalized spacial score (nSPS) is 23.5. The predicted octanol–water partition coefficient (Wildman–Crippen LogP) is 0.701. The van der Waals surface area contributed by atoms with Crippen LogP contribution in [0.2, 0.25) is 0 Å². The maximum atomic E-state index is 5.31. The molecule has 0 aliphatic carbocycles. The predicted molar refractivity (Wildman–Crippen MR) is 43.5 cm³/mol. The van der Waals surface area contributed by atoms with Gasteiger partial charge in [-0.25, -0.2) is 0 Å². The quantitative estimate of drug-likeness (QED) is 0.605. The minimum absolute atomic E-state index is 0.291.